The Hall–Kier alpha value is -1.06. The molecule has 1 heterocycles. The molecule has 0 aromatic heterocycles. The number of nitrogens with zero attached hydrogens (tertiary/aromatic N) is 1. The molecule has 1 aliphatic rings. The van der Waals surface area contributed by atoms with Gasteiger partial charge in [0.05, 0.1) is 6.61 Å². The number of likely N-dealkylation sites (tertiary alicyclic amines) is 1. The Kier molecular flexibility index (Phi) is 4.40. The largest absolute Gasteiger partial charge is 0.392 e. The lowest BCUT2D eigenvalue weighted by atomic mass is 9.97. The Bertz CT molecular complexity index is 346. The van der Waals surface area contributed by atoms with Crippen LogP contribution in [-0.4, -0.2) is 36.7 Å². The second-order valence-electron chi connectivity index (χ2n) is 4.94. The highest BCUT2D eigenvalue weighted by Gasteiger charge is 2.16. The number of nitrogens with one attached hydrogen (secondary N) is 1. The molecular weight excluding hydrogens is 212 g/mol. The van der Waals surface area contributed by atoms with Crippen molar-refractivity contribution in [3.8, 4) is 0 Å². The summed E-state index contributed by atoms with van der Waals surface area (Å²) < 4.78 is 0. The van der Waals surface area contributed by atoms with Gasteiger partial charge in [-0.15, -0.1) is 0 Å². The van der Waals surface area contributed by atoms with Gasteiger partial charge in [0.1, 0.15) is 0 Å². The number of hydrogen-bond donors (Lipinski definition) is 2. The molecule has 94 valence electrons. The van der Waals surface area contributed by atoms with E-state index in [-0.39, 0.29) is 6.61 Å². The third-order valence-corrected chi connectivity index (χ3v) is 3.61. The van der Waals surface area contributed by atoms with E-state index >= 15 is 0 Å². The van der Waals surface area contributed by atoms with Crippen LogP contribution >= 0.6 is 0 Å². The summed E-state index contributed by atoms with van der Waals surface area (Å²) >= 11 is 0. The minimum Gasteiger partial charge on any atom is -0.392 e. The average molecular weight is 234 g/mol. The van der Waals surface area contributed by atoms with E-state index in [1.807, 2.05) is 24.3 Å². The number of rotatable bonds is 4. The van der Waals surface area contributed by atoms with Crippen LogP contribution in [0.5, 0.6) is 0 Å². The number of benzene rings is 1. The van der Waals surface area contributed by atoms with Gasteiger partial charge in [0, 0.05) is 17.8 Å². The maximum atomic E-state index is 9.24. The number of aliphatic hydroxyl groups excluding tert-OH is 1. The van der Waals surface area contributed by atoms with Gasteiger partial charge in [-0.05, 0) is 45.0 Å². The molecule has 2 N–H and O–H groups in total. The lowest BCUT2D eigenvalue weighted by Crippen LogP contribution is -2.33. The van der Waals surface area contributed by atoms with Gasteiger partial charge in [0.25, 0.3) is 0 Å². The lowest BCUT2D eigenvalue weighted by Gasteiger charge is -2.29. The summed E-state index contributed by atoms with van der Waals surface area (Å²) in [6, 6.07) is 7.99. The van der Waals surface area contributed by atoms with Crippen LogP contribution in [0.25, 0.3) is 0 Å². The minimum atomic E-state index is 0.108. The summed E-state index contributed by atoms with van der Waals surface area (Å²) in [5.74, 6) is 0.762. The van der Waals surface area contributed by atoms with Gasteiger partial charge in [0.2, 0.25) is 0 Å². The fourth-order valence-electron chi connectivity index (χ4n) is 2.35. The molecule has 1 aliphatic heterocycles. The molecule has 1 saturated heterocycles. The lowest BCUT2D eigenvalue weighted by molar-refractivity contribution is 0.226. The molecule has 1 fully saturated rings. The number of anilines is 1. The van der Waals surface area contributed by atoms with Gasteiger partial charge in [0.15, 0.2) is 0 Å². The summed E-state index contributed by atoms with van der Waals surface area (Å²) in [7, 11) is 2.19. The van der Waals surface area contributed by atoms with Gasteiger partial charge in [-0.1, -0.05) is 18.2 Å². The smallest absolute Gasteiger partial charge is 0.0701 e. The zero-order chi connectivity index (χ0) is 12.1. The summed E-state index contributed by atoms with van der Waals surface area (Å²) in [5, 5.41) is 12.7. The first-order valence-corrected chi connectivity index (χ1v) is 6.41. The molecular formula is C14H22N2O. The van der Waals surface area contributed by atoms with Gasteiger partial charge in [-0.25, -0.2) is 0 Å². The second-order valence-corrected chi connectivity index (χ2v) is 4.94. The summed E-state index contributed by atoms with van der Waals surface area (Å²) in [6.07, 6.45) is 2.54. The number of aliphatic hydroxyl groups is 1. The molecule has 17 heavy (non-hydrogen) atoms. The van der Waals surface area contributed by atoms with Crippen molar-refractivity contribution in [1.29, 1.82) is 0 Å². The van der Waals surface area contributed by atoms with E-state index in [0.717, 1.165) is 23.7 Å². The van der Waals surface area contributed by atoms with E-state index < -0.39 is 0 Å². The quantitative estimate of drug-likeness (QED) is 0.835. The van der Waals surface area contributed by atoms with E-state index in [1.54, 1.807) is 0 Å². The predicted molar refractivity (Wildman–Crippen MR) is 71.1 cm³/mol. The van der Waals surface area contributed by atoms with Crippen LogP contribution in [0.3, 0.4) is 0 Å². The molecule has 1 aromatic rings. The second kappa shape index (κ2) is 6.03. The van der Waals surface area contributed by atoms with Crippen molar-refractivity contribution in [3.63, 3.8) is 0 Å². The number of piperidine rings is 1. The standard InChI is InChI=1S/C14H22N2O/c1-16-8-6-12(7-9-16)10-15-14-5-3-2-4-13(14)11-17/h2-5,12,15,17H,6-11H2,1H3. The Morgan fingerprint density at radius 3 is 2.71 bits per heavy atom. The third kappa shape index (κ3) is 3.45. The first kappa shape index (κ1) is 12.4. The van der Waals surface area contributed by atoms with Crippen molar-refractivity contribution in [2.75, 3.05) is 32.0 Å². The van der Waals surface area contributed by atoms with Crippen LogP contribution in [-0.2, 0) is 6.61 Å². The highest BCUT2D eigenvalue weighted by Crippen LogP contribution is 2.19. The molecule has 0 radical (unpaired) electrons. The Labute approximate surface area is 103 Å². The molecule has 0 spiro atoms. The van der Waals surface area contributed by atoms with Crippen LogP contribution in [0.2, 0.25) is 0 Å². The summed E-state index contributed by atoms with van der Waals surface area (Å²) in [6.45, 7) is 3.53. The van der Waals surface area contributed by atoms with E-state index in [1.165, 1.54) is 25.9 Å². The average Bonchev–Trinajstić information content (AvgIpc) is 2.38. The highest BCUT2D eigenvalue weighted by atomic mass is 16.3. The summed E-state index contributed by atoms with van der Waals surface area (Å²) in [5.41, 5.74) is 2.06. The van der Waals surface area contributed by atoms with Crippen LogP contribution in [0.15, 0.2) is 24.3 Å². The molecule has 2 rings (SSSR count). The first-order valence-electron chi connectivity index (χ1n) is 6.41. The third-order valence-electron chi connectivity index (χ3n) is 3.61. The molecule has 0 atom stereocenters. The van der Waals surface area contributed by atoms with Gasteiger partial charge in [-0.3, -0.25) is 0 Å². The number of para-hydroxylation sites is 1. The Morgan fingerprint density at radius 2 is 2.00 bits per heavy atom. The van der Waals surface area contributed by atoms with Crippen molar-refractivity contribution in [2.45, 2.75) is 19.4 Å². The van der Waals surface area contributed by atoms with Crippen LogP contribution in [0, 0.1) is 5.92 Å². The normalized spacial score (nSPS) is 18.2. The highest BCUT2D eigenvalue weighted by molar-refractivity contribution is 5.50. The van der Waals surface area contributed by atoms with E-state index in [4.69, 9.17) is 0 Å². The molecule has 0 bridgehead atoms. The van der Waals surface area contributed by atoms with E-state index in [0.29, 0.717) is 0 Å². The maximum Gasteiger partial charge on any atom is 0.0701 e. The maximum absolute atomic E-state index is 9.24. The molecule has 3 nitrogen and oxygen atoms in total. The fourth-order valence-corrected chi connectivity index (χ4v) is 2.35. The minimum absolute atomic E-state index is 0.108. The van der Waals surface area contributed by atoms with Crippen LogP contribution in [0.4, 0.5) is 5.69 Å². The van der Waals surface area contributed by atoms with E-state index in [9.17, 15) is 5.11 Å². The van der Waals surface area contributed by atoms with Crippen molar-refractivity contribution in [3.05, 3.63) is 29.8 Å². The Morgan fingerprint density at radius 1 is 1.29 bits per heavy atom. The molecule has 0 amide bonds. The van der Waals surface area contributed by atoms with Crippen molar-refractivity contribution in [2.24, 2.45) is 5.92 Å². The first-order chi connectivity index (χ1) is 8.29. The molecule has 1 aromatic carbocycles. The monoisotopic (exact) mass is 234 g/mol. The number of hydrogen-bond acceptors (Lipinski definition) is 3. The van der Waals surface area contributed by atoms with Crippen molar-refractivity contribution in [1.82, 2.24) is 4.90 Å². The fraction of sp³-hybridized carbons (Fsp3) is 0.571. The van der Waals surface area contributed by atoms with Crippen molar-refractivity contribution < 1.29 is 5.11 Å². The molecule has 3 heteroatoms. The zero-order valence-corrected chi connectivity index (χ0v) is 10.5. The zero-order valence-electron chi connectivity index (χ0n) is 10.5. The topological polar surface area (TPSA) is 35.5 Å². The van der Waals surface area contributed by atoms with Gasteiger partial charge >= 0.3 is 0 Å². The predicted octanol–water partition coefficient (Wildman–Crippen LogP) is 1.93. The molecule has 0 aliphatic carbocycles. The molecule has 0 saturated carbocycles. The van der Waals surface area contributed by atoms with Crippen LogP contribution < -0.4 is 5.32 Å². The summed E-state index contributed by atoms with van der Waals surface area (Å²) in [4.78, 5) is 2.39. The van der Waals surface area contributed by atoms with Gasteiger partial charge < -0.3 is 15.3 Å². The Balaban J connectivity index is 1.85. The van der Waals surface area contributed by atoms with Crippen molar-refractivity contribution >= 4 is 5.69 Å². The molecule has 0 unspecified atom stereocenters. The SMILES string of the molecule is CN1CCC(CNc2ccccc2CO)CC1. The van der Waals surface area contributed by atoms with Gasteiger partial charge in [-0.2, -0.15) is 0 Å². The van der Waals surface area contributed by atoms with E-state index in [2.05, 4.69) is 17.3 Å². The van der Waals surface area contributed by atoms with Crippen LogP contribution in [0.1, 0.15) is 18.4 Å².